The van der Waals surface area contributed by atoms with Gasteiger partial charge in [-0.2, -0.15) is 0 Å². The van der Waals surface area contributed by atoms with E-state index in [-0.39, 0.29) is 5.56 Å². The van der Waals surface area contributed by atoms with Gasteiger partial charge in [-0.15, -0.1) is 16.4 Å². The van der Waals surface area contributed by atoms with Crippen molar-refractivity contribution in [3.05, 3.63) is 28.6 Å². The molecule has 0 aliphatic heterocycles. The fourth-order valence-corrected chi connectivity index (χ4v) is 3.41. The van der Waals surface area contributed by atoms with Crippen LogP contribution in [0.2, 0.25) is 0 Å². The van der Waals surface area contributed by atoms with Crippen molar-refractivity contribution in [2.24, 2.45) is 0 Å². The number of pyridine rings is 1. The second-order valence-electron chi connectivity index (χ2n) is 4.66. The summed E-state index contributed by atoms with van der Waals surface area (Å²) in [6.45, 7) is 0. The van der Waals surface area contributed by atoms with E-state index in [1.165, 1.54) is 11.3 Å². The molecule has 0 saturated carbocycles. The minimum absolute atomic E-state index is 0.257. The fourth-order valence-electron chi connectivity index (χ4n) is 2.42. The highest BCUT2D eigenvalue weighted by molar-refractivity contribution is 7.25. The summed E-state index contributed by atoms with van der Waals surface area (Å²) < 4.78 is 11.1. The summed E-state index contributed by atoms with van der Waals surface area (Å²) >= 11 is 1.30. The SMILES string of the molecule is COc1cc2cc3c(nc2cc1OC)sc1c(=O)[nH]nnc13. The Balaban J connectivity index is 2.15. The molecule has 7 nitrogen and oxygen atoms in total. The highest BCUT2D eigenvalue weighted by Gasteiger charge is 2.14. The average molecular weight is 314 g/mol. The van der Waals surface area contributed by atoms with Gasteiger partial charge >= 0.3 is 0 Å². The van der Waals surface area contributed by atoms with Crippen molar-refractivity contribution in [1.82, 2.24) is 20.4 Å². The summed E-state index contributed by atoms with van der Waals surface area (Å²) in [6, 6.07) is 5.60. The largest absolute Gasteiger partial charge is 0.493 e. The minimum Gasteiger partial charge on any atom is -0.493 e. The lowest BCUT2D eigenvalue weighted by molar-refractivity contribution is 0.356. The number of rotatable bonds is 2. The predicted molar refractivity (Wildman–Crippen MR) is 83.9 cm³/mol. The first kappa shape index (κ1) is 13.0. The lowest BCUT2D eigenvalue weighted by Gasteiger charge is -2.08. The molecular formula is C14H10N4O3S. The molecule has 3 aromatic heterocycles. The number of benzene rings is 1. The number of methoxy groups -OCH3 is 2. The molecule has 0 spiro atoms. The van der Waals surface area contributed by atoms with Crippen molar-refractivity contribution >= 4 is 42.7 Å². The molecule has 0 fully saturated rings. The molecule has 110 valence electrons. The average Bonchev–Trinajstić information content (AvgIpc) is 2.90. The second-order valence-corrected chi connectivity index (χ2v) is 5.66. The minimum atomic E-state index is -0.257. The molecule has 4 rings (SSSR count). The van der Waals surface area contributed by atoms with Crippen LogP contribution in [-0.4, -0.2) is 34.6 Å². The summed E-state index contributed by atoms with van der Waals surface area (Å²) in [5.74, 6) is 1.24. The third-order valence-electron chi connectivity index (χ3n) is 3.46. The van der Waals surface area contributed by atoms with Crippen LogP contribution in [0.5, 0.6) is 11.5 Å². The molecule has 0 atom stereocenters. The highest BCUT2D eigenvalue weighted by atomic mass is 32.1. The van der Waals surface area contributed by atoms with Crippen LogP contribution in [0, 0.1) is 0 Å². The number of aromatic amines is 1. The number of H-pyrrole nitrogens is 1. The van der Waals surface area contributed by atoms with Gasteiger partial charge in [-0.05, 0) is 12.1 Å². The van der Waals surface area contributed by atoms with Crippen LogP contribution >= 0.6 is 11.3 Å². The lowest BCUT2D eigenvalue weighted by atomic mass is 10.1. The van der Waals surface area contributed by atoms with E-state index >= 15 is 0 Å². The van der Waals surface area contributed by atoms with Crippen LogP contribution in [0.15, 0.2) is 23.0 Å². The lowest BCUT2D eigenvalue weighted by Crippen LogP contribution is -2.07. The third-order valence-corrected chi connectivity index (χ3v) is 4.55. The van der Waals surface area contributed by atoms with E-state index in [2.05, 4.69) is 20.4 Å². The van der Waals surface area contributed by atoms with Gasteiger partial charge in [0.2, 0.25) is 0 Å². The Morgan fingerprint density at radius 1 is 1.14 bits per heavy atom. The van der Waals surface area contributed by atoms with Gasteiger partial charge in [0, 0.05) is 16.8 Å². The first-order valence-corrected chi connectivity index (χ1v) is 7.23. The number of thiophene rings is 1. The monoisotopic (exact) mass is 314 g/mol. The molecule has 0 saturated heterocycles. The zero-order chi connectivity index (χ0) is 15.3. The Morgan fingerprint density at radius 2 is 1.91 bits per heavy atom. The molecule has 1 N–H and O–H groups in total. The Bertz CT molecular complexity index is 1090. The highest BCUT2D eigenvalue weighted by Crippen LogP contribution is 2.35. The van der Waals surface area contributed by atoms with Gasteiger partial charge in [-0.25, -0.2) is 10.1 Å². The van der Waals surface area contributed by atoms with Crippen molar-refractivity contribution < 1.29 is 9.47 Å². The molecule has 22 heavy (non-hydrogen) atoms. The van der Waals surface area contributed by atoms with Gasteiger partial charge in [0.25, 0.3) is 5.56 Å². The van der Waals surface area contributed by atoms with Crippen molar-refractivity contribution in [2.45, 2.75) is 0 Å². The van der Waals surface area contributed by atoms with E-state index in [4.69, 9.17) is 9.47 Å². The van der Waals surface area contributed by atoms with Crippen molar-refractivity contribution in [1.29, 1.82) is 0 Å². The van der Waals surface area contributed by atoms with Gasteiger partial charge < -0.3 is 9.47 Å². The van der Waals surface area contributed by atoms with Crippen LogP contribution in [-0.2, 0) is 0 Å². The topological polar surface area (TPSA) is 90.0 Å². The first-order chi connectivity index (χ1) is 10.7. The summed E-state index contributed by atoms with van der Waals surface area (Å²) in [5.41, 5.74) is 1.07. The molecule has 4 aromatic rings. The molecule has 0 amide bonds. The summed E-state index contributed by atoms with van der Waals surface area (Å²) in [5, 5.41) is 11.7. The zero-order valence-electron chi connectivity index (χ0n) is 11.7. The zero-order valence-corrected chi connectivity index (χ0v) is 12.5. The number of hydrogen-bond donors (Lipinski definition) is 1. The molecule has 1 aromatic carbocycles. The molecule has 0 aliphatic carbocycles. The number of nitrogens with zero attached hydrogens (tertiary/aromatic N) is 3. The van der Waals surface area contributed by atoms with Crippen molar-refractivity contribution in [2.75, 3.05) is 14.2 Å². The molecule has 0 unspecified atom stereocenters. The Labute approximate surface area is 127 Å². The Hall–Kier alpha value is -2.74. The Kier molecular flexibility index (Phi) is 2.73. The van der Waals surface area contributed by atoms with E-state index in [0.717, 1.165) is 21.1 Å². The van der Waals surface area contributed by atoms with Crippen LogP contribution in [0.3, 0.4) is 0 Å². The molecule has 0 aliphatic rings. The van der Waals surface area contributed by atoms with E-state index in [0.29, 0.717) is 21.7 Å². The second kappa shape index (κ2) is 4.63. The van der Waals surface area contributed by atoms with Gasteiger partial charge in [-0.3, -0.25) is 4.79 Å². The maximum absolute atomic E-state index is 11.8. The molecule has 3 heterocycles. The number of hydrogen-bond acceptors (Lipinski definition) is 7. The fraction of sp³-hybridized carbons (Fsp3) is 0.143. The van der Waals surface area contributed by atoms with Gasteiger partial charge in [0.1, 0.15) is 15.0 Å². The molecule has 0 radical (unpaired) electrons. The maximum Gasteiger partial charge on any atom is 0.285 e. The number of ether oxygens (including phenoxy) is 2. The maximum atomic E-state index is 11.8. The molecule has 0 bridgehead atoms. The number of nitrogens with one attached hydrogen (secondary N) is 1. The van der Waals surface area contributed by atoms with Gasteiger partial charge in [-0.1, -0.05) is 5.21 Å². The van der Waals surface area contributed by atoms with E-state index in [1.807, 2.05) is 18.2 Å². The predicted octanol–water partition coefficient (Wildman–Crippen LogP) is 2.10. The van der Waals surface area contributed by atoms with Crippen molar-refractivity contribution in [3.63, 3.8) is 0 Å². The van der Waals surface area contributed by atoms with Crippen LogP contribution in [0.4, 0.5) is 0 Å². The van der Waals surface area contributed by atoms with Gasteiger partial charge in [0.05, 0.1) is 19.7 Å². The van der Waals surface area contributed by atoms with E-state index in [1.54, 1.807) is 14.2 Å². The van der Waals surface area contributed by atoms with Crippen LogP contribution < -0.4 is 15.0 Å². The van der Waals surface area contributed by atoms with Gasteiger partial charge in [0.15, 0.2) is 11.5 Å². The normalized spacial score (nSPS) is 11.4. The summed E-state index contributed by atoms with van der Waals surface area (Å²) in [4.78, 5) is 17.2. The molecule has 8 heteroatoms. The molecular weight excluding hydrogens is 304 g/mol. The van der Waals surface area contributed by atoms with Crippen LogP contribution in [0.1, 0.15) is 0 Å². The number of fused-ring (bicyclic) bond motifs is 4. The first-order valence-electron chi connectivity index (χ1n) is 6.41. The van der Waals surface area contributed by atoms with E-state index < -0.39 is 0 Å². The van der Waals surface area contributed by atoms with E-state index in [9.17, 15) is 4.79 Å². The summed E-state index contributed by atoms with van der Waals surface area (Å²) in [7, 11) is 3.16. The smallest absolute Gasteiger partial charge is 0.285 e. The van der Waals surface area contributed by atoms with Crippen molar-refractivity contribution in [3.8, 4) is 11.5 Å². The summed E-state index contributed by atoms with van der Waals surface area (Å²) in [6.07, 6.45) is 0. The number of aromatic nitrogens is 4. The third kappa shape index (κ3) is 1.74. The standard InChI is InChI=1S/C14H10N4O3S/c1-20-9-4-6-3-7-11-12(13(19)17-18-16-11)22-14(7)15-8(6)5-10(9)21-2/h3-5H,1-2H3,(H,16,17,19). The Morgan fingerprint density at radius 3 is 2.68 bits per heavy atom. The van der Waals surface area contributed by atoms with Crippen LogP contribution in [0.25, 0.3) is 31.3 Å². The quantitative estimate of drug-likeness (QED) is 0.609.